The van der Waals surface area contributed by atoms with Gasteiger partial charge in [-0.1, -0.05) is 6.92 Å². The Bertz CT molecular complexity index is 373. The minimum absolute atomic E-state index is 0.209. The van der Waals surface area contributed by atoms with Gasteiger partial charge in [-0.2, -0.15) is 0 Å². The molecule has 0 saturated carbocycles. The van der Waals surface area contributed by atoms with Crippen molar-refractivity contribution in [2.24, 2.45) is 17.6 Å². The number of hydrogen-bond acceptors (Lipinski definition) is 3. The Morgan fingerprint density at radius 2 is 2.15 bits per heavy atom. The molecule has 1 fully saturated rings. The molecule has 0 aromatic heterocycles. The highest BCUT2D eigenvalue weighted by Crippen LogP contribution is 2.15. The number of primary amides is 1. The van der Waals surface area contributed by atoms with Crippen LogP contribution in [0.25, 0.3) is 0 Å². The summed E-state index contributed by atoms with van der Waals surface area (Å²) in [6, 6.07) is -0.209. The van der Waals surface area contributed by atoms with Crippen molar-refractivity contribution in [3.63, 3.8) is 0 Å². The molecule has 0 aliphatic carbocycles. The third-order valence-corrected chi connectivity index (χ3v) is 3.62. The predicted octanol–water partition coefficient (Wildman–Crippen LogP) is 0.394. The Morgan fingerprint density at radius 1 is 1.45 bits per heavy atom. The first-order valence-electron chi connectivity index (χ1n) is 6.96. The molecule has 2 unspecified atom stereocenters. The van der Waals surface area contributed by atoms with Crippen molar-refractivity contribution in [3.05, 3.63) is 0 Å². The Kier molecular flexibility index (Phi) is 6.27. The number of rotatable bonds is 6. The number of carboxylic acids is 1. The van der Waals surface area contributed by atoms with Crippen LogP contribution in [-0.4, -0.2) is 47.5 Å². The van der Waals surface area contributed by atoms with Gasteiger partial charge in [-0.25, -0.2) is 4.79 Å². The fraction of sp³-hybridized carbons (Fsp3) is 0.769. The molecule has 0 radical (unpaired) electrons. The zero-order valence-corrected chi connectivity index (χ0v) is 11.8. The number of piperidine rings is 1. The van der Waals surface area contributed by atoms with E-state index in [2.05, 4.69) is 5.32 Å². The van der Waals surface area contributed by atoms with E-state index in [-0.39, 0.29) is 17.9 Å². The fourth-order valence-corrected chi connectivity index (χ4v) is 2.23. The first-order valence-corrected chi connectivity index (χ1v) is 6.96. The third-order valence-electron chi connectivity index (χ3n) is 3.62. The van der Waals surface area contributed by atoms with E-state index in [9.17, 15) is 14.4 Å². The van der Waals surface area contributed by atoms with Gasteiger partial charge in [0, 0.05) is 19.6 Å². The lowest BCUT2D eigenvalue weighted by Gasteiger charge is -2.31. The van der Waals surface area contributed by atoms with E-state index in [1.165, 1.54) is 0 Å². The van der Waals surface area contributed by atoms with Crippen LogP contribution in [0.4, 0.5) is 4.79 Å². The number of hydrogen-bond donors (Lipinski definition) is 3. The van der Waals surface area contributed by atoms with Crippen LogP contribution in [0.3, 0.4) is 0 Å². The number of aliphatic carboxylic acids is 1. The van der Waals surface area contributed by atoms with E-state index in [0.717, 1.165) is 12.8 Å². The molecule has 20 heavy (non-hydrogen) atoms. The Balaban J connectivity index is 2.25. The van der Waals surface area contributed by atoms with Crippen LogP contribution in [0.2, 0.25) is 0 Å². The molecule has 0 aromatic carbocycles. The van der Waals surface area contributed by atoms with Gasteiger partial charge in [0.2, 0.25) is 5.91 Å². The molecule has 0 bridgehead atoms. The van der Waals surface area contributed by atoms with Crippen molar-refractivity contribution in [1.29, 1.82) is 0 Å². The van der Waals surface area contributed by atoms with Crippen molar-refractivity contribution in [2.45, 2.75) is 32.6 Å². The van der Waals surface area contributed by atoms with E-state index in [4.69, 9.17) is 10.8 Å². The predicted molar refractivity (Wildman–Crippen MR) is 72.9 cm³/mol. The van der Waals surface area contributed by atoms with Crippen LogP contribution in [0.1, 0.15) is 32.6 Å². The van der Waals surface area contributed by atoms with E-state index in [1.54, 1.807) is 11.8 Å². The lowest BCUT2D eigenvalue weighted by Crippen LogP contribution is -2.48. The zero-order chi connectivity index (χ0) is 15.1. The van der Waals surface area contributed by atoms with Crippen LogP contribution in [0.15, 0.2) is 0 Å². The van der Waals surface area contributed by atoms with E-state index >= 15 is 0 Å². The monoisotopic (exact) mass is 285 g/mol. The maximum absolute atomic E-state index is 11.9. The van der Waals surface area contributed by atoms with Gasteiger partial charge in [-0.15, -0.1) is 0 Å². The summed E-state index contributed by atoms with van der Waals surface area (Å²) in [6.07, 6.45) is 2.65. The molecule has 2 atom stereocenters. The number of nitrogens with two attached hydrogens (primary N) is 1. The van der Waals surface area contributed by atoms with Gasteiger partial charge < -0.3 is 21.1 Å². The first-order chi connectivity index (χ1) is 9.41. The molecule has 7 heteroatoms. The van der Waals surface area contributed by atoms with E-state index in [1.807, 2.05) is 0 Å². The summed E-state index contributed by atoms with van der Waals surface area (Å²) in [5.41, 5.74) is 5.26. The lowest BCUT2D eigenvalue weighted by atomic mass is 9.98. The molecule has 1 heterocycles. The molecule has 0 aromatic rings. The highest BCUT2D eigenvalue weighted by molar-refractivity contribution is 5.79. The molecular weight excluding hydrogens is 262 g/mol. The molecule has 114 valence electrons. The number of amides is 3. The Hall–Kier alpha value is -1.79. The van der Waals surface area contributed by atoms with Gasteiger partial charge in [0.15, 0.2) is 0 Å². The summed E-state index contributed by atoms with van der Waals surface area (Å²) in [6.45, 7) is 3.08. The van der Waals surface area contributed by atoms with Crippen molar-refractivity contribution in [1.82, 2.24) is 10.2 Å². The summed E-state index contributed by atoms with van der Waals surface area (Å²) in [5.74, 6) is -1.85. The molecule has 1 aliphatic heterocycles. The van der Waals surface area contributed by atoms with E-state index < -0.39 is 11.9 Å². The average Bonchev–Trinajstić information content (AvgIpc) is 2.43. The van der Waals surface area contributed by atoms with Crippen LogP contribution in [0.5, 0.6) is 0 Å². The normalized spacial score (nSPS) is 20.2. The number of carboxylic acid groups (broad SMARTS) is 1. The van der Waals surface area contributed by atoms with Crippen LogP contribution >= 0.6 is 0 Å². The number of carbonyl (C=O) groups excluding carboxylic acids is 2. The second-order valence-electron chi connectivity index (χ2n) is 5.30. The maximum Gasteiger partial charge on any atom is 0.317 e. The average molecular weight is 285 g/mol. The minimum atomic E-state index is -0.823. The quantitative estimate of drug-likeness (QED) is 0.613. The number of likely N-dealkylation sites (tertiary alicyclic amines) is 1. The van der Waals surface area contributed by atoms with Crippen LogP contribution < -0.4 is 11.1 Å². The molecule has 7 nitrogen and oxygen atoms in total. The second kappa shape index (κ2) is 7.72. The van der Waals surface area contributed by atoms with Gasteiger partial charge in [0.25, 0.3) is 0 Å². The number of nitrogens with zero attached hydrogens (tertiary/aromatic N) is 1. The number of nitrogens with one attached hydrogen (secondary N) is 1. The van der Waals surface area contributed by atoms with Gasteiger partial charge in [-0.3, -0.25) is 9.59 Å². The van der Waals surface area contributed by atoms with Gasteiger partial charge in [-0.05, 0) is 25.7 Å². The minimum Gasteiger partial charge on any atom is -0.481 e. The molecule has 1 saturated heterocycles. The van der Waals surface area contributed by atoms with Crippen LogP contribution in [0, 0.1) is 11.8 Å². The SMILES string of the molecule is CC(CCCNC(=O)N1CCCC(C(N)=O)C1)C(=O)O. The lowest BCUT2D eigenvalue weighted by molar-refractivity contribution is -0.141. The molecular formula is C13H23N3O4. The Morgan fingerprint density at radius 3 is 2.75 bits per heavy atom. The van der Waals surface area contributed by atoms with Crippen molar-refractivity contribution < 1.29 is 19.5 Å². The zero-order valence-electron chi connectivity index (χ0n) is 11.8. The van der Waals surface area contributed by atoms with Gasteiger partial charge in [0.05, 0.1) is 11.8 Å². The summed E-state index contributed by atoms with van der Waals surface area (Å²) >= 11 is 0. The summed E-state index contributed by atoms with van der Waals surface area (Å²) in [7, 11) is 0. The van der Waals surface area contributed by atoms with Crippen molar-refractivity contribution in [3.8, 4) is 0 Å². The Labute approximate surface area is 118 Å². The highest BCUT2D eigenvalue weighted by atomic mass is 16.4. The largest absolute Gasteiger partial charge is 0.481 e. The van der Waals surface area contributed by atoms with Gasteiger partial charge in [0.1, 0.15) is 0 Å². The maximum atomic E-state index is 11.9. The molecule has 4 N–H and O–H groups in total. The number of urea groups is 1. The highest BCUT2D eigenvalue weighted by Gasteiger charge is 2.26. The number of carbonyl (C=O) groups is 3. The smallest absolute Gasteiger partial charge is 0.317 e. The third kappa shape index (κ3) is 5.07. The summed E-state index contributed by atoms with van der Waals surface area (Å²) < 4.78 is 0. The molecule has 0 spiro atoms. The molecule has 1 rings (SSSR count). The van der Waals surface area contributed by atoms with Crippen molar-refractivity contribution >= 4 is 17.9 Å². The summed E-state index contributed by atoms with van der Waals surface area (Å²) in [4.78, 5) is 35.3. The topological polar surface area (TPSA) is 113 Å². The van der Waals surface area contributed by atoms with E-state index in [0.29, 0.717) is 32.5 Å². The first kappa shape index (κ1) is 16.3. The van der Waals surface area contributed by atoms with Crippen LogP contribution in [-0.2, 0) is 9.59 Å². The fourth-order valence-electron chi connectivity index (χ4n) is 2.23. The molecule has 3 amide bonds. The summed E-state index contributed by atoms with van der Waals surface area (Å²) in [5, 5.41) is 11.5. The standard InChI is InChI=1S/C13H23N3O4/c1-9(12(18)19)4-2-6-15-13(20)16-7-3-5-10(8-16)11(14)17/h9-10H,2-8H2,1H3,(H2,14,17)(H,15,20)(H,18,19). The van der Waals surface area contributed by atoms with Crippen molar-refractivity contribution in [2.75, 3.05) is 19.6 Å². The second-order valence-corrected chi connectivity index (χ2v) is 5.30. The molecule has 1 aliphatic rings. The van der Waals surface area contributed by atoms with Gasteiger partial charge >= 0.3 is 12.0 Å².